The van der Waals surface area contributed by atoms with Crippen molar-refractivity contribution in [1.29, 1.82) is 0 Å². The van der Waals surface area contributed by atoms with Gasteiger partial charge in [0.15, 0.2) is 0 Å². The second-order valence-electron chi connectivity index (χ2n) is 5.95. The Labute approximate surface area is 144 Å². The molecule has 0 bridgehead atoms. The van der Waals surface area contributed by atoms with E-state index in [1.807, 2.05) is 6.07 Å². The molecule has 1 N–H and O–H groups in total. The van der Waals surface area contributed by atoms with Gasteiger partial charge in [0, 0.05) is 4.90 Å². The van der Waals surface area contributed by atoms with Gasteiger partial charge in [-0.05, 0) is 49.4 Å². The first-order valence-corrected chi connectivity index (χ1v) is 9.12. The van der Waals surface area contributed by atoms with Crippen molar-refractivity contribution in [3.05, 3.63) is 47.3 Å². The molecule has 1 aliphatic heterocycles. The molecule has 1 aliphatic rings. The minimum absolute atomic E-state index is 0.140. The lowest BCUT2D eigenvalue weighted by Crippen LogP contribution is -2.47. The van der Waals surface area contributed by atoms with Crippen LogP contribution in [0.15, 0.2) is 50.9 Å². The van der Waals surface area contributed by atoms with Gasteiger partial charge in [0.05, 0.1) is 16.9 Å². The Hall–Kier alpha value is -1.50. The Morgan fingerprint density at radius 2 is 2.13 bits per heavy atom. The molecule has 0 spiro atoms. The third-order valence-electron chi connectivity index (χ3n) is 3.89. The van der Waals surface area contributed by atoms with Crippen LogP contribution in [0.25, 0.3) is 0 Å². The zero-order chi connectivity index (χ0) is 16.4. The van der Waals surface area contributed by atoms with Crippen LogP contribution >= 0.6 is 23.1 Å². The fourth-order valence-corrected chi connectivity index (χ4v) is 4.57. The highest BCUT2D eigenvalue weighted by Gasteiger charge is 2.43. The summed E-state index contributed by atoms with van der Waals surface area (Å²) in [5.74, 6) is 0. The summed E-state index contributed by atoms with van der Waals surface area (Å²) < 4.78 is 6.90. The van der Waals surface area contributed by atoms with Gasteiger partial charge in [-0.2, -0.15) is 0 Å². The van der Waals surface area contributed by atoms with Crippen LogP contribution in [0.5, 0.6) is 0 Å². The van der Waals surface area contributed by atoms with E-state index in [2.05, 4.69) is 35.7 Å². The molecule has 2 aromatic rings. The van der Waals surface area contributed by atoms with E-state index >= 15 is 0 Å². The molecule has 0 radical (unpaired) electrons. The summed E-state index contributed by atoms with van der Waals surface area (Å²) in [6, 6.07) is 12.3. The summed E-state index contributed by atoms with van der Waals surface area (Å²) in [6.07, 6.45) is -0.262. The molecule has 1 atom stereocenters. The van der Waals surface area contributed by atoms with Gasteiger partial charge in [-0.25, -0.2) is 4.79 Å². The maximum absolute atomic E-state index is 11.5. The minimum Gasteiger partial charge on any atom is -0.465 e. The number of carboxylic acid groups (broad SMARTS) is 1. The van der Waals surface area contributed by atoms with E-state index in [4.69, 9.17) is 4.74 Å². The molecule has 0 unspecified atom stereocenters. The van der Waals surface area contributed by atoms with Crippen LogP contribution in [-0.4, -0.2) is 34.5 Å². The van der Waals surface area contributed by atoms with Crippen LogP contribution in [0.2, 0.25) is 0 Å². The van der Waals surface area contributed by atoms with Crippen molar-refractivity contribution in [3.8, 4) is 0 Å². The first-order valence-electron chi connectivity index (χ1n) is 7.42. The molecule has 0 saturated carbocycles. The Morgan fingerprint density at radius 3 is 2.74 bits per heavy atom. The van der Waals surface area contributed by atoms with E-state index < -0.39 is 11.8 Å². The molecule has 122 valence electrons. The fourth-order valence-electron chi connectivity index (χ4n) is 2.82. The molecule has 0 aliphatic carbocycles. The van der Waals surface area contributed by atoms with E-state index in [-0.39, 0.29) is 6.04 Å². The van der Waals surface area contributed by atoms with Gasteiger partial charge in [0.25, 0.3) is 0 Å². The lowest BCUT2D eigenvalue weighted by molar-refractivity contribution is -0.0419. The first-order chi connectivity index (χ1) is 11.0. The summed E-state index contributed by atoms with van der Waals surface area (Å²) in [5, 5.41) is 11.5. The topological polar surface area (TPSA) is 49.8 Å². The second kappa shape index (κ2) is 6.55. The average Bonchev–Trinajstić information content (AvgIpc) is 3.09. The van der Waals surface area contributed by atoms with E-state index in [9.17, 15) is 9.90 Å². The lowest BCUT2D eigenvalue weighted by atomic mass is 10.1. The number of ether oxygens (including phenoxy) is 1. The molecule has 1 amide bonds. The monoisotopic (exact) mass is 349 g/mol. The van der Waals surface area contributed by atoms with Crippen molar-refractivity contribution in [2.45, 2.75) is 41.1 Å². The van der Waals surface area contributed by atoms with E-state index in [0.717, 1.165) is 5.56 Å². The van der Waals surface area contributed by atoms with Crippen molar-refractivity contribution in [2.24, 2.45) is 0 Å². The Bertz CT molecular complexity index is 668. The van der Waals surface area contributed by atoms with Crippen LogP contribution < -0.4 is 0 Å². The highest BCUT2D eigenvalue weighted by Crippen LogP contribution is 2.32. The van der Waals surface area contributed by atoms with Crippen molar-refractivity contribution in [3.63, 3.8) is 0 Å². The van der Waals surface area contributed by atoms with Crippen molar-refractivity contribution >= 4 is 29.2 Å². The van der Waals surface area contributed by atoms with Gasteiger partial charge in [0.2, 0.25) is 0 Å². The molecule has 1 aromatic carbocycles. The molecule has 1 saturated heterocycles. The standard InChI is InChI=1S/C17H19NO3S2/c1-17(2)18(16(19)20)13(11-21-17)10-12-5-7-14(8-6-12)23-15-4-3-9-22-15/h3-9,13H,10-11H2,1-2H3,(H,19,20)/t13-/m0/s1. The van der Waals surface area contributed by atoms with Gasteiger partial charge in [0.1, 0.15) is 5.72 Å². The van der Waals surface area contributed by atoms with E-state index in [0.29, 0.717) is 13.0 Å². The number of carbonyl (C=O) groups is 1. The van der Waals surface area contributed by atoms with E-state index in [1.54, 1.807) is 36.9 Å². The molecule has 4 nitrogen and oxygen atoms in total. The Balaban J connectivity index is 1.67. The molecular weight excluding hydrogens is 330 g/mol. The quantitative estimate of drug-likeness (QED) is 0.879. The predicted octanol–water partition coefficient (Wildman–Crippen LogP) is 4.56. The Kier molecular flexibility index (Phi) is 4.66. The zero-order valence-electron chi connectivity index (χ0n) is 13.1. The minimum atomic E-state index is -0.928. The Morgan fingerprint density at radius 1 is 1.39 bits per heavy atom. The molecule has 3 rings (SSSR count). The van der Waals surface area contributed by atoms with Gasteiger partial charge >= 0.3 is 6.09 Å². The lowest BCUT2D eigenvalue weighted by Gasteiger charge is -2.31. The fraction of sp³-hybridized carbons (Fsp3) is 0.353. The van der Waals surface area contributed by atoms with Gasteiger partial charge < -0.3 is 9.84 Å². The normalized spacial score (nSPS) is 19.9. The van der Waals surface area contributed by atoms with Gasteiger partial charge in [-0.15, -0.1) is 11.3 Å². The highest BCUT2D eigenvalue weighted by atomic mass is 32.2. The number of hydrogen-bond donors (Lipinski definition) is 1. The van der Waals surface area contributed by atoms with Crippen molar-refractivity contribution < 1.29 is 14.6 Å². The summed E-state index contributed by atoms with van der Waals surface area (Å²) in [7, 11) is 0. The molecule has 1 fully saturated rings. The molecule has 23 heavy (non-hydrogen) atoms. The molecule has 6 heteroatoms. The van der Waals surface area contributed by atoms with Crippen molar-refractivity contribution in [1.82, 2.24) is 4.90 Å². The third kappa shape index (κ3) is 3.71. The summed E-state index contributed by atoms with van der Waals surface area (Å²) in [4.78, 5) is 14.1. The van der Waals surface area contributed by atoms with Gasteiger partial charge in [-0.3, -0.25) is 4.90 Å². The van der Waals surface area contributed by atoms with Crippen LogP contribution in [0.1, 0.15) is 19.4 Å². The highest BCUT2D eigenvalue weighted by molar-refractivity contribution is 8.01. The van der Waals surface area contributed by atoms with Crippen LogP contribution in [0.3, 0.4) is 0 Å². The van der Waals surface area contributed by atoms with E-state index in [1.165, 1.54) is 14.0 Å². The number of thiophene rings is 1. The maximum Gasteiger partial charge on any atom is 0.409 e. The number of hydrogen-bond acceptors (Lipinski definition) is 4. The second-order valence-corrected chi connectivity index (χ2v) is 8.27. The molecule has 1 aromatic heterocycles. The predicted molar refractivity (Wildman–Crippen MR) is 92.3 cm³/mol. The van der Waals surface area contributed by atoms with Crippen LogP contribution in [-0.2, 0) is 11.2 Å². The molecule has 2 heterocycles. The zero-order valence-corrected chi connectivity index (χ0v) is 14.7. The molecular formula is C17H19NO3S2. The number of rotatable bonds is 4. The first kappa shape index (κ1) is 16.4. The summed E-state index contributed by atoms with van der Waals surface area (Å²) in [5.41, 5.74) is 0.365. The van der Waals surface area contributed by atoms with Gasteiger partial charge in [-0.1, -0.05) is 30.0 Å². The number of benzene rings is 1. The maximum atomic E-state index is 11.5. The van der Waals surface area contributed by atoms with Crippen molar-refractivity contribution in [2.75, 3.05) is 6.61 Å². The van der Waals surface area contributed by atoms with Crippen LogP contribution in [0.4, 0.5) is 4.79 Å². The third-order valence-corrected chi connectivity index (χ3v) is 5.93. The summed E-state index contributed by atoms with van der Waals surface area (Å²) in [6.45, 7) is 4.02. The van der Waals surface area contributed by atoms with Crippen LogP contribution in [0, 0.1) is 0 Å². The SMILES string of the molecule is CC1(C)OC[C@H](Cc2ccc(Sc3cccs3)cc2)N1C(=O)O. The number of nitrogens with zero attached hydrogens (tertiary/aromatic N) is 1. The smallest absolute Gasteiger partial charge is 0.409 e. The largest absolute Gasteiger partial charge is 0.465 e. The number of amides is 1. The average molecular weight is 349 g/mol. The summed E-state index contributed by atoms with van der Waals surface area (Å²) >= 11 is 3.47.